The van der Waals surface area contributed by atoms with Crippen molar-refractivity contribution in [1.82, 2.24) is 10.1 Å². The van der Waals surface area contributed by atoms with Crippen LogP contribution in [0.5, 0.6) is 0 Å². The number of hydrogen-bond acceptors (Lipinski definition) is 5. The van der Waals surface area contributed by atoms with Gasteiger partial charge < -0.3 is 9.84 Å². The molecule has 1 aromatic heterocycles. The fourth-order valence-electron chi connectivity index (χ4n) is 1.45. The third-order valence-electron chi connectivity index (χ3n) is 2.55. The van der Waals surface area contributed by atoms with Gasteiger partial charge in [0.25, 0.3) is 0 Å². The summed E-state index contributed by atoms with van der Waals surface area (Å²) in [6.07, 6.45) is 2.34. The molecule has 0 atom stereocenters. The lowest BCUT2D eigenvalue weighted by Crippen LogP contribution is -2.00. The van der Waals surface area contributed by atoms with Crippen LogP contribution in [0.15, 0.2) is 33.7 Å². The lowest BCUT2D eigenvalue weighted by Gasteiger charge is -1.97. The smallest absolute Gasteiger partial charge is 0.321 e. The van der Waals surface area contributed by atoms with Gasteiger partial charge in [-0.3, -0.25) is 0 Å². The van der Waals surface area contributed by atoms with Gasteiger partial charge in [-0.2, -0.15) is 4.98 Å². The molecule has 1 fully saturated rings. The summed E-state index contributed by atoms with van der Waals surface area (Å²) in [5, 5.41) is 7.03. The Labute approximate surface area is 108 Å². The van der Waals surface area contributed by atoms with Crippen molar-refractivity contribution >= 4 is 17.8 Å². The van der Waals surface area contributed by atoms with Crippen molar-refractivity contribution in [3.8, 4) is 0 Å². The van der Waals surface area contributed by atoms with Gasteiger partial charge >= 0.3 is 6.01 Å². The molecule has 3 rings (SSSR count). The van der Waals surface area contributed by atoms with Crippen molar-refractivity contribution in [3.05, 3.63) is 35.9 Å². The van der Waals surface area contributed by atoms with Crippen LogP contribution in [-0.4, -0.2) is 16.2 Å². The molecule has 4 nitrogen and oxygen atoms in total. The van der Waals surface area contributed by atoms with Crippen molar-refractivity contribution < 1.29 is 8.91 Å². The molecule has 0 unspecified atom stereocenters. The fraction of sp³-hybridized carbons (Fsp3) is 0.333. The molecule has 2 aromatic rings. The highest BCUT2D eigenvalue weighted by atomic mass is 32.2. The number of thioether (sulfide) groups is 1. The topological polar surface area (TPSA) is 51.0 Å². The van der Waals surface area contributed by atoms with Crippen LogP contribution in [0.1, 0.15) is 18.7 Å². The van der Waals surface area contributed by atoms with Gasteiger partial charge in [0.15, 0.2) is 5.82 Å². The highest BCUT2D eigenvalue weighted by Gasteiger charge is 2.23. The van der Waals surface area contributed by atoms with E-state index in [1.165, 1.54) is 25.0 Å². The fourth-order valence-corrected chi connectivity index (χ4v) is 2.19. The van der Waals surface area contributed by atoms with Crippen LogP contribution in [0.2, 0.25) is 0 Å². The Kier molecular flexibility index (Phi) is 3.19. The Morgan fingerprint density at radius 1 is 1.33 bits per heavy atom. The number of anilines is 1. The quantitative estimate of drug-likeness (QED) is 0.842. The van der Waals surface area contributed by atoms with E-state index in [1.807, 2.05) is 0 Å². The Morgan fingerprint density at radius 3 is 2.83 bits per heavy atom. The number of aromatic nitrogens is 2. The van der Waals surface area contributed by atoms with E-state index in [1.54, 1.807) is 23.9 Å². The van der Waals surface area contributed by atoms with E-state index in [0.29, 0.717) is 23.6 Å². The molecule has 0 aliphatic heterocycles. The van der Waals surface area contributed by atoms with Gasteiger partial charge in [0.1, 0.15) is 5.82 Å². The van der Waals surface area contributed by atoms with E-state index in [2.05, 4.69) is 15.5 Å². The van der Waals surface area contributed by atoms with Gasteiger partial charge in [0, 0.05) is 10.9 Å². The molecule has 0 radical (unpaired) electrons. The summed E-state index contributed by atoms with van der Waals surface area (Å²) in [5.74, 6) is 1.03. The lowest BCUT2D eigenvalue weighted by atomic mass is 10.4. The van der Waals surface area contributed by atoms with Crippen molar-refractivity contribution in [2.45, 2.75) is 29.5 Å². The second kappa shape index (κ2) is 4.97. The van der Waals surface area contributed by atoms with E-state index in [4.69, 9.17) is 4.52 Å². The SMILES string of the molecule is Fc1ccc(SCc2noc(NC3CC3)n2)cc1. The molecule has 1 N–H and O–H groups in total. The summed E-state index contributed by atoms with van der Waals surface area (Å²) in [7, 11) is 0. The second-order valence-corrected chi connectivity index (χ2v) is 5.23. The predicted octanol–water partition coefficient (Wildman–Crippen LogP) is 3.08. The summed E-state index contributed by atoms with van der Waals surface area (Å²) in [6, 6.07) is 7.36. The van der Waals surface area contributed by atoms with Crippen LogP contribution < -0.4 is 5.32 Å². The number of halogens is 1. The molecule has 0 spiro atoms. The molecular weight excluding hydrogens is 253 g/mol. The third-order valence-corrected chi connectivity index (χ3v) is 3.56. The van der Waals surface area contributed by atoms with Crippen LogP contribution in [0.25, 0.3) is 0 Å². The molecule has 1 saturated carbocycles. The Balaban J connectivity index is 1.55. The van der Waals surface area contributed by atoms with Crippen molar-refractivity contribution in [3.63, 3.8) is 0 Å². The first kappa shape index (κ1) is 11.5. The molecule has 0 amide bonds. The number of nitrogens with zero attached hydrogens (tertiary/aromatic N) is 2. The monoisotopic (exact) mass is 265 g/mol. The summed E-state index contributed by atoms with van der Waals surface area (Å²) in [4.78, 5) is 5.22. The Hall–Kier alpha value is -1.56. The third kappa shape index (κ3) is 3.01. The molecule has 1 aliphatic rings. The van der Waals surface area contributed by atoms with Gasteiger partial charge in [-0.15, -0.1) is 11.8 Å². The zero-order valence-electron chi connectivity index (χ0n) is 9.60. The van der Waals surface area contributed by atoms with E-state index in [0.717, 1.165) is 4.90 Å². The predicted molar refractivity (Wildman–Crippen MR) is 66.9 cm³/mol. The average Bonchev–Trinajstić information content (AvgIpc) is 3.07. The minimum atomic E-state index is -0.227. The van der Waals surface area contributed by atoms with Crippen LogP contribution >= 0.6 is 11.8 Å². The van der Waals surface area contributed by atoms with Crippen LogP contribution in [-0.2, 0) is 5.75 Å². The maximum atomic E-state index is 12.7. The van der Waals surface area contributed by atoms with Gasteiger partial charge in [-0.05, 0) is 37.1 Å². The first-order valence-corrected chi connectivity index (χ1v) is 6.75. The number of rotatable bonds is 5. The average molecular weight is 265 g/mol. The van der Waals surface area contributed by atoms with Gasteiger partial charge in [0.2, 0.25) is 0 Å². The first-order valence-electron chi connectivity index (χ1n) is 5.77. The highest BCUT2D eigenvalue weighted by molar-refractivity contribution is 7.98. The van der Waals surface area contributed by atoms with Crippen molar-refractivity contribution in [2.75, 3.05) is 5.32 Å². The Bertz CT molecular complexity index is 524. The van der Waals surface area contributed by atoms with Crippen LogP contribution in [0.4, 0.5) is 10.4 Å². The standard InChI is InChI=1S/C12H12FN3OS/c13-8-1-5-10(6-2-8)18-7-11-15-12(17-16-11)14-9-3-4-9/h1-2,5-6,9H,3-4,7H2,(H,14,15,16). The Morgan fingerprint density at radius 2 is 2.11 bits per heavy atom. The minimum Gasteiger partial charge on any atom is -0.335 e. The largest absolute Gasteiger partial charge is 0.335 e. The van der Waals surface area contributed by atoms with E-state index in [-0.39, 0.29) is 5.82 Å². The summed E-state index contributed by atoms with van der Waals surface area (Å²) in [5.41, 5.74) is 0. The molecule has 0 saturated heterocycles. The van der Waals surface area contributed by atoms with Crippen LogP contribution in [0, 0.1) is 5.82 Å². The van der Waals surface area contributed by atoms with Crippen molar-refractivity contribution in [2.24, 2.45) is 0 Å². The zero-order valence-corrected chi connectivity index (χ0v) is 10.4. The molecular formula is C12H12FN3OS. The van der Waals surface area contributed by atoms with Gasteiger partial charge in [-0.1, -0.05) is 5.16 Å². The molecule has 18 heavy (non-hydrogen) atoms. The molecule has 6 heteroatoms. The highest BCUT2D eigenvalue weighted by Crippen LogP contribution is 2.25. The van der Waals surface area contributed by atoms with Gasteiger partial charge in [0.05, 0.1) is 5.75 Å². The van der Waals surface area contributed by atoms with Crippen LogP contribution in [0.3, 0.4) is 0 Å². The van der Waals surface area contributed by atoms with Crippen molar-refractivity contribution in [1.29, 1.82) is 0 Å². The normalized spacial score (nSPS) is 14.7. The molecule has 94 valence electrons. The summed E-state index contributed by atoms with van der Waals surface area (Å²) in [6.45, 7) is 0. The molecule has 1 heterocycles. The second-order valence-electron chi connectivity index (χ2n) is 4.18. The minimum absolute atomic E-state index is 0.227. The molecule has 1 aliphatic carbocycles. The van der Waals surface area contributed by atoms with E-state index in [9.17, 15) is 4.39 Å². The summed E-state index contributed by atoms with van der Waals surface area (Å²) < 4.78 is 17.8. The zero-order chi connectivity index (χ0) is 12.4. The lowest BCUT2D eigenvalue weighted by molar-refractivity contribution is 0.424. The number of benzene rings is 1. The number of nitrogens with one attached hydrogen (secondary N) is 1. The maximum Gasteiger partial charge on any atom is 0.321 e. The molecule has 0 bridgehead atoms. The van der Waals surface area contributed by atoms with E-state index >= 15 is 0 Å². The molecule has 1 aromatic carbocycles. The first-order chi connectivity index (χ1) is 8.79. The maximum absolute atomic E-state index is 12.7. The van der Waals surface area contributed by atoms with E-state index < -0.39 is 0 Å². The van der Waals surface area contributed by atoms with Gasteiger partial charge in [-0.25, -0.2) is 4.39 Å². The number of hydrogen-bond donors (Lipinski definition) is 1. The summed E-state index contributed by atoms with van der Waals surface area (Å²) >= 11 is 1.55.